The maximum Gasteiger partial charge on any atom is 0.231 e. The van der Waals surface area contributed by atoms with E-state index in [0.29, 0.717) is 31.1 Å². The van der Waals surface area contributed by atoms with E-state index >= 15 is 0 Å². The third kappa shape index (κ3) is 7.50. The highest BCUT2D eigenvalue weighted by Crippen LogP contribution is 2.33. The molecule has 0 fully saturated rings. The normalized spacial score (nSPS) is 13.8. The molecule has 0 unspecified atom stereocenters. The van der Waals surface area contributed by atoms with Crippen molar-refractivity contribution in [2.24, 2.45) is 5.92 Å². The number of carbonyl (C=O) groups excluding carboxylic acids is 1. The van der Waals surface area contributed by atoms with E-state index in [1.165, 1.54) is 0 Å². The number of hydrogen-bond donors (Lipinski definition) is 2. The summed E-state index contributed by atoms with van der Waals surface area (Å²) in [4.78, 5) is 15.1. The second kappa shape index (κ2) is 13.8. The van der Waals surface area contributed by atoms with Gasteiger partial charge in [0.1, 0.15) is 30.5 Å². The van der Waals surface area contributed by atoms with Crippen LogP contribution in [-0.2, 0) is 11.2 Å². The summed E-state index contributed by atoms with van der Waals surface area (Å²) in [6.07, 6.45) is 4.16. The molecule has 0 spiro atoms. The minimum Gasteiger partial charge on any atom is -0.497 e. The Kier molecular flexibility index (Phi) is 11.8. The molecule has 4 rings (SSSR count). The van der Waals surface area contributed by atoms with Crippen molar-refractivity contribution >= 4 is 36.4 Å². The van der Waals surface area contributed by atoms with E-state index in [1.807, 2.05) is 61.6 Å². The van der Waals surface area contributed by atoms with Crippen LogP contribution in [0.1, 0.15) is 5.56 Å². The van der Waals surface area contributed by atoms with Crippen molar-refractivity contribution in [2.45, 2.75) is 6.42 Å². The summed E-state index contributed by atoms with van der Waals surface area (Å²) in [5.74, 6) is 1.76. The van der Waals surface area contributed by atoms with E-state index in [4.69, 9.17) is 14.2 Å². The number of carbonyl (C=O) groups is 1. The van der Waals surface area contributed by atoms with Gasteiger partial charge < -0.3 is 29.9 Å². The lowest BCUT2D eigenvalue weighted by atomic mass is 9.95. The molecular formula is C24H32Cl2N4O5. The highest BCUT2D eigenvalue weighted by atomic mass is 35.5. The number of halogens is 2. The summed E-state index contributed by atoms with van der Waals surface area (Å²) in [7, 11) is 5.61. The first-order chi connectivity index (χ1) is 15.5. The lowest BCUT2D eigenvalue weighted by Gasteiger charge is -2.25. The van der Waals surface area contributed by atoms with Gasteiger partial charge >= 0.3 is 0 Å². The number of H-pyrrole nitrogens is 1. The van der Waals surface area contributed by atoms with E-state index in [1.54, 1.807) is 13.3 Å². The van der Waals surface area contributed by atoms with Gasteiger partial charge in [0.15, 0.2) is 0 Å². The first-order valence-corrected chi connectivity index (χ1v) is 10.5. The molecule has 0 saturated heterocycles. The molecule has 1 amide bonds. The zero-order valence-electron chi connectivity index (χ0n) is 19.9. The van der Waals surface area contributed by atoms with E-state index in [-0.39, 0.29) is 42.1 Å². The molecular weight excluding hydrogens is 495 g/mol. The number of nitrogens with one attached hydrogen (secondary N) is 2. The smallest absolute Gasteiger partial charge is 0.231 e. The summed E-state index contributed by atoms with van der Waals surface area (Å²) < 4.78 is 17.1. The molecule has 0 radical (unpaired) electrons. The number of likely N-dealkylation sites (N-methyl/N-ethyl adjacent to an activating group) is 1. The van der Waals surface area contributed by atoms with Gasteiger partial charge in [-0.1, -0.05) is 6.07 Å². The second-order valence-electron chi connectivity index (χ2n) is 8.02. The molecule has 2 heterocycles. The molecule has 1 atom stereocenters. The summed E-state index contributed by atoms with van der Waals surface area (Å²) in [5.41, 5.74) is 3.51. The van der Waals surface area contributed by atoms with Crippen LogP contribution in [0.3, 0.4) is 0 Å². The van der Waals surface area contributed by atoms with Crippen molar-refractivity contribution in [3.05, 3.63) is 54.4 Å². The number of hydrogen-bond acceptors (Lipinski definition) is 6. The molecule has 3 aromatic rings. The number of nitrogens with zero attached hydrogens (tertiary/aromatic N) is 2. The number of anilines is 1. The van der Waals surface area contributed by atoms with Crippen LogP contribution in [-0.4, -0.2) is 67.4 Å². The van der Waals surface area contributed by atoms with Crippen molar-refractivity contribution in [1.82, 2.24) is 15.1 Å². The number of amides is 1. The molecule has 9 nitrogen and oxygen atoms in total. The number of aromatic nitrogens is 2. The van der Waals surface area contributed by atoms with Crippen molar-refractivity contribution in [3.8, 4) is 28.4 Å². The van der Waals surface area contributed by atoms with Crippen LogP contribution in [0.5, 0.6) is 17.2 Å². The standard InChI is InChI=1S/C24H28N4O4.2ClH.H2O/c1-28(2)8-9-31-23-12-16(19-13-25-26-14-19)4-6-21(23)27-24(29)18-10-17-11-20(30-3)5-7-22(17)32-15-18;;;/h4-7,11-14,18H,8-10,15H2,1-3H3,(H,25,26)(H,27,29);2*1H;1H2/t18-;;;/m0.../s1. The van der Waals surface area contributed by atoms with Gasteiger partial charge in [-0.2, -0.15) is 5.10 Å². The van der Waals surface area contributed by atoms with Gasteiger partial charge in [-0.15, -0.1) is 24.8 Å². The number of ether oxygens (including phenoxy) is 3. The SMILES string of the molecule is COc1ccc2c(c1)C[C@H](C(=O)Nc1ccc(-c3cn[nH]c3)cc1OCCN(C)C)CO2.Cl.Cl.O. The average Bonchev–Trinajstić information content (AvgIpc) is 3.34. The summed E-state index contributed by atoms with van der Waals surface area (Å²) in [5, 5.41) is 9.87. The van der Waals surface area contributed by atoms with Crippen molar-refractivity contribution in [3.63, 3.8) is 0 Å². The zero-order chi connectivity index (χ0) is 22.5. The van der Waals surface area contributed by atoms with Crippen LogP contribution in [0, 0.1) is 5.92 Å². The lowest BCUT2D eigenvalue weighted by molar-refractivity contribution is -0.121. The fourth-order valence-corrected chi connectivity index (χ4v) is 3.57. The number of rotatable bonds is 8. The molecule has 1 aliphatic rings. The molecule has 192 valence electrons. The molecule has 11 heteroatoms. The Balaban J connectivity index is 0.00000204. The van der Waals surface area contributed by atoms with E-state index in [0.717, 1.165) is 34.7 Å². The Morgan fingerprint density at radius 3 is 2.69 bits per heavy atom. The molecule has 4 N–H and O–H groups in total. The van der Waals surface area contributed by atoms with Gasteiger partial charge in [0.2, 0.25) is 5.91 Å². The Hall–Kier alpha value is -2.98. The predicted octanol–water partition coefficient (Wildman–Crippen LogP) is 3.23. The highest BCUT2D eigenvalue weighted by molar-refractivity contribution is 5.95. The third-order valence-electron chi connectivity index (χ3n) is 5.41. The van der Waals surface area contributed by atoms with Gasteiger partial charge in [-0.05, 0) is 62.0 Å². The topological polar surface area (TPSA) is 120 Å². The Labute approximate surface area is 217 Å². The van der Waals surface area contributed by atoms with Crippen LogP contribution in [0.15, 0.2) is 48.8 Å². The number of fused-ring (bicyclic) bond motifs is 1. The first-order valence-electron chi connectivity index (χ1n) is 10.5. The zero-order valence-corrected chi connectivity index (χ0v) is 21.5. The Morgan fingerprint density at radius 2 is 2.00 bits per heavy atom. The third-order valence-corrected chi connectivity index (χ3v) is 5.41. The van der Waals surface area contributed by atoms with Crippen molar-refractivity contribution in [1.29, 1.82) is 0 Å². The van der Waals surface area contributed by atoms with E-state index in [2.05, 4.69) is 15.5 Å². The average molecular weight is 527 g/mol. The molecule has 0 saturated carbocycles. The van der Waals surface area contributed by atoms with Gasteiger partial charge in [0, 0.05) is 18.3 Å². The Bertz CT molecular complexity index is 1080. The molecule has 2 aromatic carbocycles. The number of aromatic amines is 1. The molecule has 0 bridgehead atoms. The van der Waals surface area contributed by atoms with E-state index in [9.17, 15) is 4.79 Å². The first kappa shape index (κ1) is 30.1. The molecule has 1 aliphatic heterocycles. The van der Waals surface area contributed by atoms with Crippen LogP contribution >= 0.6 is 24.8 Å². The van der Waals surface area contributed by atoms with Crippen LogP contribution < -0.4 is 19.5 Å². The summed E-state index contributed by atoms with van der Waals surface area (Å²) in [6.45, 7) is 1.60. The van der Waals surface area contributed by atoms with Crippen LogP contribution in [0.2, 0.25) is 0 Å². The Morgan fingerprint density at radius 1 is 1.20 bits per heavy atom. The fourth-order valence-electron chi connectivity index (χ4n) is 3.57. The number of benzene rings is 2. The second-order valence-corrected chi connectivity index (χ2v) is 8.02. The fraction of sp³-hybridized carbons (Fsp3) is 0.333. The molecule has 0 aliphatic carbocycles. The minimum atomic E-state index is -0.308. The lowest BCUT2D eigenvalue weighted by Crippen LogP contribution is -2.32. The highest BCUT2D eigenvalue weighted by Gasteiger charge is 2.27. The van der Waals surface area contributed by atoms with Crippen molar-refractivity contribution < 1.29 is 24.5 Å². The van der Waals surface area contributed by atoms with Gasteiger partial charge in [-0.3, -0.25) is 9.89 Å². The van der Waals surface area contributed by atoms with Crippen molar-refractivity contribution in [2.75, 3.05) is 46.3 Å². The predicted molar refractivity (Wildman–Crippen MR) is 140 cm³/mol. The minimum absolute atomic E-state index is 0. The monoisotopic (exact) mass is 526 g/mol. The van der Waals surface area contributed by atoms with Gasteiger partial charge in [0.05, 0.1) is 24.9 Å². The molecule has 35 heavy (non-hydrogen) atoms. The van der Waals surface area contributed by atoms with Gasteiger partial charge in [0.25, 0.3) is 0 Å². The maximum atomic E-state index is 13.1. The molecule has 1 aromatic heterocycles. The van der Waals surface area contributed by atoms with E-state index < -0.39 is 0 Å². The summed E-state index contributed by atoms with van der Waals surface area (Å²) >= 11 is 0. The largest absolute Gasteiger partial charge is 0.497 e. The van der Waals surface area contributed by atoms with Gasteiger partial charge in [-0.25, -0.2) is 0 Å². The maximum absolute atomic E-state index is 13.1. The number of methoxy groups -OCH3 is 1. The summed E-state index contributed by atoms with van der Waals surface area (Å²) in [6, 6.07) is 11.4. The quantitative estimate of drug-likeness (QED) is 0.464. The van der Waals surface area contributed by atoms with Crippen LogP contribution in [0.4, 0.5) is 5.69 Å². The van der Waals surface area contributed by atoms with Crippen LogP contribution in [0.25, 0.3) is 11.1 Å².